The van der Waals surface area contributed by atoms with E-state index in [1.807, 2.05) is 0 Å². The molecule has 6 nitrogen and oxygen atoms in total. The van der Waals surface area contributed by atoms with Crippen molar-refractivity contribution < 1.29 is 24.6 Å². The molecule has 1 saturated heterocycles. The minimum absolute atomic E-state index is 0.150. The molecule has 0 bridgehead atoms. The first-order valence-electron chi connectivity index (χ1n) is 3.84. The molecule has 0 aromatic rings. The van der Waals surface area contributed by atoms with E-state index in [4.69, 9.17) is 10.2 Å². The Labute approximate surface area is 83.9 Å². The Balaban J connectivity index is 2.75. The quantitative estimate of drug-likeness (QED) is 0.638. The molecule has 1 unspecified atom stereocenters. The van der Waals surface area contributed by atoms with Crippen LogP contribution in [-0.4, -0.2) is 57.1 Å². The summed E-state index contributed by atoms with van der Waals surface area (Å²) in [6.45, 7) is -0.545. The molecule has 1 aliphatic rings. The number of thioether (sulfide) groups is 1. The molecule has 0 aromatic carbocycles. The van der Waals surface area contributed by atoms with Gasteiger partial charge < -0.3 is 15.1 Å². The molecule has 2 N–H and O–H groups in total. The van der Waals surface area contributed by atoms with E-state index in [9.17, 15) is 14.4 Å². The SMILES string of the molecule is O=C(O)CN1C(=O)CSCC1C(=O)O. The molecule has 0 saturated carbocycles. The van der Waals surface area contributed by atoms with Gasteiger partial charge in [-0.1, -0.05) is 0 Å². The summed E-state index contributed by atoms with van der Waals surface area (Å²) in [6, 6.07) is -1.02. The van der Waals surface area contributed by atoms with Gasteiger partial charge >= 0.3 is 11.9 Å². The lowest BCUT2D eigenvalue weighted by atomic mass is 10.2. The van der Waals surface area contributed by atoms with Gasteiger partial charge in [0.1, 0.15) is 12.6 Å². The van der Waals surface area contributed by atoms with Crippen LogP contribution in [-0.2, 0) is 14.4 Å². The molecule has 14 heavy (non-hydrogen) atoms. The predicted molar refractivity (Wildman–Crippen MR) is 48.1 cm³/mol. The van der Waals surface area contributed by atoms with Gasteiger partial charge in [0.2, 0.25) is 5.91 Å². The standard InChI is InChI=1S/C7H9NO5S/c9-5-3-14-2-4(7(12)13)8(5)1-6(10)11/h4H,1-3H2,(H,10,11)(H,12,13). The molecule has 0 spiro atoms. The molecular formula is C7H9NO5S. The lowest BCUT2D eigenvalue weighted by Gasteiger charge is -2.30. The van der Waals surface area contributed by atoms with Crippen molar-refractivity contribution in [3.05, 3.63) is 0 Å². The first-order valence-corrected chi connectivity index (χ1v) is 4.99. The summed E-state index contributed by atoms with van der Waals surface area (Å²) >= 11 is 1.21. The van der Waals surface area contributed by atoms with Crippen LogP contribution in [0, 0.1) is 0 Å². The number of hydrogen-bond acceptors (Lipinski definition) is 4. The second-order valence-electron chi connectivity index (χ2n) is 2.78. The highest BCUT2D eigenvalue weighted by atomic mass is 32.2. The summed E-state index contributed by atoms with van der Waals surface area (Å²) in [5.74, 6) is -2.40. The highest BCUT2D eigenvalue weighted by molar-refractivity contribution is 8.00. The van der Waals surface area contributed by atoms with Crippen LogP contribution in [0.1, 0.15) is 0 Å². The number of nitrogens with zero attached hydrogens (tertiary/aromatic N) is 1. The predicted octanol–water partition coefficient (Wildman–Crippen LogP) is -0.900. The Hall–Kier alpha value is -1.24. The first-order chi connectivity index (χ1) is 6.52. The molecule has 1 heterocycles. The fourth-order valence-corrected chi connectivity index (χ4v) is 2.16. The monoisotopic (exact) mass is 219 g/mol. The van der Waals surface area contributed by atoms with E-state index in [-0.39, 0.29) is 11.5 Å². The molecule has 1 rings (SSSR count). The summed E-state index contributed by atoms with van der Waals surface area (Å²) in [6.07, 6.45) is 0. The van der Waals surface area contributed by atoms with Gasteiger partial charge in [-0.15, -0.1) is 11.8 Å². The summed E-state index contributed by atoms with van der Waals surface area (Å²) in [5, 5.41) is 17.2. The molecule has 1 atom stereocenters. The van der Waals surface area contributed by atoms with E-state index in [0.29, 0.717) is 0 Å². The van der Waals surface area contributed by atoms with Crippen LogP contribution in [0.5, 0.6) is 0 Å². The van der Waals surface area contributed by atoms with Gasteiger partial charge in [0.15, 0.2) is 0 Å². The molecule has 1 amide bonds. The minimum Gasteiger partial charge on any atom is -0.480 e. The molecular weight excluding hydrogens is 210 g/mol. The fourth-order valence-electron chi connectivity index (χ4n) is 1.15. The average molecular weight is 219 g/mol. The van der Waals surface area contributed by atoms with Crippen LogP contribution >= 0.6 is 11.8 Å². The molecule has 1 aliphatic heterocycles. The molecule has 7 heteroatoms. The number of carboxylic acids is 2. The van der Waals surface area contributed by atoms with Gasteiger partial charge in [-0.2, -0.15) is 0 Å². The zero-order valence-electron chi connectivity index (χ0n) is 7.17. The second-order valence-corrected chi connectivity index (χ2v) is 3.81. The summed E-state index contributed by atoms with van der Waals surface area (Å²) in [7, 11) is 0. The number of aliphatic carboxylic acids is 2. The van der Waals surface area contributed by atoms with E-state index < -0.39 is 30.4 Å². The Morgan fingerprint density at radius 1 is 1.50 bits per heavy atom. The van der Waals surface area contributed by atoms with Crippen molar-refractivity contribution in [1.29, 1.82) is 0 Å². The van der Waals surface area contributed by atoms with E-state index in [2.05, 4.69) is 0 Å². The van der Waals surface area contributed by atoms with Gasteiger partial charge in [0.05, 0.1) is 5.75 Å². The third-order valence-corrected chi connectivity index (χ3v) is 2.79. The van der Waals surface area contributed by atoms with Crippen molar-refractivity contribution in [2.75, 3.05) is 18.1 Å². The van der Waals surface area contributed by atoms with Crippen LogP contribution in [0.15, 0.2) is 0 Å². The molecule has 0 aromatic heterocycles. The number of hydrogen-bond donors (Lipinski definition) is 2. The highest BCUT2D eigenvalue weighted by Gasteiger charge is 2.34. The van der Waals surface area contributed by atoms with Crippen LogP contribution in [0.2, 0.25) is 0 Å². The zero-order valence-corrected chi connectivity index (χ0v) is 7.99. The Morgan fingerprint density at radius 2 is 2.14 bits per heavy atom. The maximum absolute atomic E-state index is 11.2. The van der Waals surface area contributed by atoms with Crippen molar-refractivity contribution >= 4 is 29.6 Å². The van der Waals surface area contributed by atoms with Crippen molar-refractivity contribution in [2.45, 2.75) is 6.04 Å². The maximum Gasteiger partial charge on any atom is 0.327 e. The smallest absolute Gasteiger partial charge is 0.327 e. The Kier molecular flexibility index (Phi) is 3.34. The van der Waals surface area contributed by atoms with Crippen LogP contribution in [0.25, 0.3) is 0 Å². The summed E-state index contributed by atoms with van der Waals surface area (Å²) in [4.78, 5) is 33.2. The number of rotatable bonds is 3. The molecule has 78 valence electrons. The minimum atomic E-state index is -1.20. The zero-order chi connectivity index (χ0) is 10.7. The Bertz CT molecular complexity index is 279. The number of carboxylic acid groups (broad SMARTS) is 2. The molecule has 0 radical (unpaired) electrons. The van der Waals surface area contributed by atoms with Crippen molar-refractivity contribution in [2.24, 2.45) is 0 Å². The van der Waals surface area contributed by atoms with E-state index >= 15 is 0 Å². The topological polar surface area (TPSA) is 94.9 Å². The third-order valence-electron chi connectivity index (χ3n) is 1.79. The Morgan fingerprint density at radius 3 is 2.64 bits per heavy atom. The maximum atomic E-state index is 11.2. The average Bonchev–Trinajstić information content (AvgIpc) is 2.07. The van der Waals surface area contributed by atoms with Crippen molar-refractivity contribution in [3.8, 4) is 0 Å². The lowest BCUT2D eigenvalue weighted by Crippen LogP contribution is -2.52. The van der Waals surface area contributed by atoms with Gasteiger partial charge in [0, 0.05) is 5.75 Å². The number of carbonyl (C=O) groups is 3. The van der Waals surface area contributed by atoms with E-state index in [1.54, 1.807) is 0 Å². The number of amides is 1. The van der Waals surface area contributed by atoms with E-state index in [1.165, 1.54) is 11.8 Å². The van der Waals surface area contributed by atoms with Gasteiger partial charge in [-0.05, 0) is 0 Å². The lowest BCUT2D eigenvalue weighted by molar-refractivity contribution is -0.152. The van der Waals surface area contributed by atoms with Crippen molar-refractivity contribution in [3.63, 3.8) is 0 Å². The third kappa shape index (κ3) is 2.38. The van der Waals surface area contributed by atoms with Gasteiger partial charge in [-0.25, -0.2) is 4.79 Å². The molecule has 1 fully saturated rings. The van der Waals surface area contributed by atoms with Gasteiger partial charge in [-0.3, -0.25) is 9.59 Å². The van der Waals surface area contributed by atoms with Crippen LogP contribution in [0.3, 0.4) is 0 Å². The van der Waals surface area contributed by atoms with Crippen LogP contribution in [0.4, 0.5) is 0 Å². The van der Waals surface area contributed by atoms with Gasteiger partial charge in [0.25, 0.3) is 0 Å². The van der Waals surface area contributed by atoms with Crippen LogP contribution < -0.4 is 0 Å². The first kappa shape index (κ1) is 10.8. The van der Waals surface area contributed by atoms with Crippen molar-refractivity contribution in [1.82, 2.24) is 4.90 Å². The summed E-state index contributed by atoms with van der Waals surface area (Å²) in [5.41, 5.74) is 0. The largest absolute Gasteiger partial charge is 0.480 e. The highest BCUT2D eigenvalue weighted by Crippen LogP contribution is 2.17. The molecule has 0 aliphatic carbocycles. The fraction of sp³-hybridized carbons (Fsp3) is 0.571. The normalized spacial score (nSPS) is 22.1. The van der Waals surface area contributed by atoms with E-state index in [0.717, 1.165) is 4.90 Å². The number of carbonyl (C=O) groups excluding carboxylic acids is 1. The second kappa shape index (κ2) is 4.32. The summed E-state index contributed by atoms with van der Waals surface area (Å²) < 4.78 is 0.